The first kappa shape index (κ1) is 19.6. The van der Waals surface area contributed by atoms with E-state index in [1.165, 1.54) is 12.1 Å². The minimum Gasteiger partial charge on any atom is -0.496 e. The van der Waals surface area contributed by atoms with Crippen molar-refractivity contribution in [3.63, 3.8) is 0 Å². The molecule has 0 bridgehead atoms. The number of para-hydroxylation sites is 1. The Bertz CT molecular complexity index is 986. The first-order valence-electron chi connectivity index (χ1n) is 8.68. The van der Waals surface area contributed by atoms with Gasteiger partial charge in [0.15, 0.2) is 0 Å². The Hall–Kier alpha value is -3.19. The topological polar surface area (TPSA) is 72.7 Å². The van der Waals surface area contributed by atoms with Crippen LogP contribution < -0.4 is 4.74 Å². The largest absolute Gasteiger partial charge is 0.496 e. The molecule has 1 heterocycles. The first-order chi connectivity index (χ1) is 13.5. The first-order valence-corrected chi connectivity index (χ1v) is 9.56. The van der Waals surface area contributed by atoms with Gasteiger partial charge in [0.2, 0.25) is 0 Å². The van der Waals surface area contributed by atoms with E-state index in [9.17, 15) is 14.9 Å². The zero-order valence-corrected chi connectivity index (χ0v) is 16.4. The van der Waals surface area contributed by atoms with Gasteiger partial charge in [-0.1, -0.05) is 24.3 Å². The van der Waals surface area contributed by atoms with Crippen molar-refractivity contribution in [1.82, 2.24) is 4.90 Å². The van der Waals surface area contributed by atoms with Gasteiger partial charge in [-0.15, -0.1) is 11.3 Å². The van der Waals surface area contributed by atoms with E-state index < -0.39 is 4.92 Å². The second kappa shape index (κ2) is 8.67. The summed E-state index contributed by atoms with van der Waals surface area (Å²) >= 11 is 1.58. The van der Waals surface area contributed by atoms with Crippen molar-refractivity contribution in [3.8, 4) is 5.75 Å². The highest BCUT2D eigenvalue weighted by molar-refractivity contribution is 7.09. The number of benzene rings is 2. The van der Waals surface area contributed by atoms with Crippen LogP contribution in [-0.4, -0.2) is 22.8 Å². The predicted molar refractivity (Wildman–Crippen MR) is 109 cm³/mol. The smallest absolute Gasteiger partial charge is 0.272 e. The van der Waals surface area contributed by atoms with Gasteiger partial charge in [0, 0.05) is 27.6 Å². The number of aryl methyl sites for hydroxylation is 1. The molecule has 0 aliphatic carbocycles. The third kappa shape index (κ3) is 4.37. The van der Waals surface area contributed by atoms with E-state index in [0.29, 0.717) is 30.0 Å². The molecule has 0 N–H and O–H groups in total. The van der Waals surface area contributed by atoms with Crippen LogP contribution >= 0.6 is 11.3 Å². The highest BCUT2D eigenvalue weighted by atomic mass is 32.1. The minimum absolute atomic E-state index is 0.00563. The molecule has 2 aromatic carbocycles. The maximum atomic E-state index is 13.2. The molecule has 144 valence electrons. The molecule has 3 rings (SSSR count). The van der Waals surface area contributed by atoms with Gasteiger partial charge in [0.25, 0.3) is 11.6 Å². The predicted octanol–water partition coefficient (Wildman–Crippen LogP) is 4.82. The number of nitro groups is 1. The Balaban J connectivity index is 1.93. The van der Waals surface area contributed by atoms with E-state index in [1.807, 2.05) is 41.8 Å². The number of thiophene rings is 1. The van der Waals surface area contributed by atoms with E-state index in [-0.39, 0.29) is 11.6 Å². The number of carbonyl (C=O) groups excluding carboxylic acids is 1. The average Bonchev–Trinajstić information content (AvgIpc) is 3.20. The van der Waals surface area contributed by atoms with E-state index in [4.69, 9.17) is 4.74 Å². The Morgan fingerprint density at radius 3 is 2.57 bits per heavy atom. The minimum atomic E-state index is -0.443. The van der Waals surface area contributed by atoms with Crippen molar-refractivity contribution in [2.45, 2.75) is 20.0 Å². The number of methoxy groups -OCH3 is 1. The summed E-state index contributed by atoms with van der Waals surface area (Å²) in [7, 11) is 1.60. The molecule has 7 heteroatoms. The quantitative estimate of drug-likeness (QED) is 0.424. The lowest BCUT2D eigenvalue weighted by molar-refractivity contribution is -0.385. The lowest BCUT2D eigenvalue weighted by Gasteiger charge is -2.23. The number of nitro benzene ring substituents is 1. The lowest BCUT2D eigenvalue weighted by Crippen LogP contribution is -2.30. The van der Waals surface area contributed by atoms with Crippen molar-refractivity contribution in [1.29, 1.82) is 0 Å². The molecule has 0 atom stereocenters. The molecule has 0 aliphatic rings. The van der Waals surface area contributed by atoms with E-state index in [2.05, 4.69) is 0 Å². The summed E-state index contributed by atoms with van der Waals surface area (Å²) in [5.41, 5.74) is 1.79. The Morgan fingerprint density at radius 2 is 1.93 bits per heavy atom. The van der Waals surface area contributed by atoms with Crippen LogP contribution in [0.2, 0.25) is 0 Å². The highest BCUT2D eigenvalue weighted by Crippen LogP contribution is 2.25. The molecular formula is C21H20N2O4S. The fourth-order valence-electron chi connectivity index (χ4n) is 3.01. The SMILES string of the molecule is COc1ccccc1CN(Cc1cccs1)C(=O)c1ccc([N+](=O)[O-])c(C)c1. The molecule has 0 aliphatic heterocycles. The number of nitrogens with zero attached hydrogens (tertiary/aromatic N) is 2. The summed E-state index contributed by atoms with van der Waals surface area (Å²) in [5, 5.41) is 13.0. The van der Waals surface area contributed by atoms with E-state index in [1.54, 1.807) is 36.3 Å². The Kier molecular flexibility index (Phi) is 6.06. The fourth-order valence-corrected chi connectivity index (χ4v) is 3.72. The molecule has 0 fully saturated rings. The zero-order valence-electron chi connectivity index (χ0n) is 15.6. The number of amides is 1. The molecule has 6 nitrogen and oxygen atoms in total. The number of rotatable bonds is 7. The zero-order chi connectivity index (χ0) is 20.1. The van der Waals surface area contributed by atoms with Crippen LogP contribution in [0.15, 0.2) is 60.0 Å². The standard InChI is InChI=1S/C21H20N2O4S/c1-15-12-16(9-10-19(15)23(25)26)21(24)22(14-18-7-5-11-28-18)13-17-6-3-4-8-20(17)27-2/h3-12H,13-14H2,1-2H3. The van der Waals surface area contributed by atoms with Gasteiger partial charge in [0.05, 0.1) is 25.1 Å². The number of carbonyl (C=O) groups is 1. The Labute approximate surface area is 167 Å². The second-order valence-corrected chi connectivity index (χ2v) is 7.34. The maximum absolute atomic E-state index is 13.2. The molecule has 1 amide bonds. The molecule has 28 heavy (non-hydrogen) atoms. The number of hydrogen-bond donors (Lipinski definition) is 0. The third-order valence-electron chi connectivity index (χ3n) is 4.41. The van der Waals surface area contributed by atoms with Crippen LogP contribution in [-0.2, 0) is 13.1 Å². The van der Waals surface area contributed by atoms with Crippen molar-refractivity contribution >= 4 is 22.9 Å². The number of hydrogen-bond acceptors (Lipinski definition) is 5. The van der Waals surface area contributed by atoms with Crippen molar-refractivity contribution < 1.29 is 14.5 Å². The van der Waals surface area contributed by atoms with Crippen LogP contribution in [0.1, 0.15) is 26.4 Å². The van der Waals surface area contributed by atoms with E-state index in [0.717, 1.165) is 10.4 Å². The fraction of sp³-hybridized carbons (Fsp3) is 0.190. The summed E-state index contributed by atoms with van der Waals surface area (Å²) < 4.78 is 5.42. The Morgan fingerprint density at radius 1 is 1.14 bits per heavy atom. The van der Waals surface area contributed by atoms with Gasteiger partial charge in [-0.05, 0) is 36.6 Å². The lowest BCUT2D eigenvalue weighted by atomic mass is 10.1. The second-order valence-electron chi connectivity index (χ2n) is 6.31. The highest BCUT2D eigenvalue weighted by Gasteiger charge is 2.21. The molecular weight excluding hydrogens is 376 g/mol. The summed E-state index contributed by atoms with van der Waals surface area (Å²) in [6, 6.07) is 16.0. The van der Waals surface area contributed by atoms with Crippen LogP contribution in [0.4, 0.5) is 5.69 Å². The third-order valence-corrected chi connectivity index (χ3v) is 5.27. The molecule has 3 aromatic rings. The van der Waals surface area contributed by atoms with Crippen LogP contribution in [0.5, 0.6) is 5.75 Å². The summed E-state index contributed by atoms with van der Waals surface area (Å²) in [4.78, 5) is 26.6. The molecule has 1 aromatic heterocycles. The monoisotopic (exact) mass is 396 g/mol. The van der Waals surface area contributed by atoms with Gasteiger partial charge in [-0.3, -0.25) is 14.9 Å². The maximum Gasteiger partial charge on any atom is 0.272 e. The van der Waals surface area contributed by atoms with Gasteiger partial charge in [0.1, 0.15) is 5.75 Å². The summed E-state index contributed by atoms with van der Waals surface area (Å²) in [5.74, 6) is 0.531. The van der Waals surface area contributed by atoms with Gasteiger partial charge >= 0.3 is 0 Å². The van der Waals surface area contributed by atoms with Gasteiger partial charge < -0.3 is 9.64 Å². The normalized spacial score (nSPS) is 10.5. The van der Waals surface area contributed by atoms with E-state index >= 15 is 0 Å². The molecule has 0 unspecified atom stereocenters. The molecule has 0 saturated carbocycles. The van der Waals surface area contributed by atoms with Gasteiger partial charge in [-0.2, -0.15) is 0 Å². The number of ether oxygens (including phenoxy) is 1. The summed E-state index contributed by atoms with van der Waals surface area (Å²) in [6.45, 7) is 2.46. The molecule has 0 radical (unpaired) electrons. The van der Waals surface area contributed by atoms with Crippen molar-refractivity contribution in [3.05, 3.63) is 91.7 Å². The van der Waals surface area contributed by atoms with Gasteiger partial charge in [-0.25, -0.2) is 0 Å². The van der Waals surface area contributed by atoms with Crippen LogP contribution in [0.3, 0.4) is 0 Å². The van der Waals surface area contributed by atoms with Crippen molar-refractivity contribution in [2.75, 3.05) is 7.11 Å². The van der Waals surface area contributed by atoms with Crippen LogP contribution in [0, 0.1) is 17.0 Å². The van der Waals surface area contributed by atoms with Crippen LogP contribution in [0.25, 0.3) is 0 Å². The molecule has 0 spiro atoms. The molecule has 0 saturated heterocycles. The van der Waals surface area contributed by atoms with Crippen molar-refractivity contribution in [2.24, 2.45) is 0 Å². The summed E-state index contributed by atoms with van der Waals surface area (Å²) in [6.07, 6.45) is 0. The average molecular weight is 396 g/mol.